The molecule has 214 valence electrons. The number of amides is 1. The largest absolute Gasteiger partial charge is 0.429 e. The van der Waals surface area contributed by atoms with Gasteiger partial charge in [0.15, 0.2) is 6.10 Å². The molecule has 1 amide bonds. The summed E-state index contributed by atoms with van der Waals surface area (Å²) in [5, 5.41) is 2.00. The van der Waals surface area contributed by atoms with Crippen LogP contribution in [0.5, 0.6) is 0 Å². The van der Waals surface area contributed by atoms with Gasteiger partial charge in [-0.1, -0.05) is 42.5 Å². The van der Waals surface area contributed by atoms with Gasteiger partial charge in [0.2, 0.25) is 0 Å². The molecule has 3 atom stereocenters. The van der Waals surface area contributed by atoms with Crippen molar-refractivity contribution in [2.75, 3.05) is 0 Å². The Morgan fingerprint density at radius 3 is 1.80 bits per heavy atom. The highest BCUT2D eigenvalue weighted by Crippen LogP contribution is 2.59. The van der Waals surface area contributed by atoms with Crippen molar-refractivity contribution in [2.24, 2.45) is 0 Å². The van der Waals surface area contributed by atoms with Crippen LogP contribution in [0.4, 0.5) is 48.3 Å². The Hall–Kier alpha value is -3.68. The van der Waals surface area contributed by atoms with Crippen molar-refractivity contribution in [3.63, 3.8) is 0 Å². The van der Waals surface area contributed by atoms with Gasteiger partial charge in [-0.3, -0.25) is 4.79 Å². The van der Waals surface area contributed by atoms with Gasteiger partial charge in [-0.15, -0.1) is 0 Å². The van der Waals surface area contributed by atoms with Gasteiger partial charge in [0.05, 0.1) is 11.6 Å². The molecule has 1 heterocycles. The third-order valence-electron chi connectivity index (χ3n) is 6.32. The van der Waals surface area contributed by atoms with Crippen LogP contribution in [-0.2, 0) is 15.7 Å². The van der Waals surface area contributed by atoms with Crippen LogP contribution in [0.1, 0.15) is 34.2 Å². The summed E-state index contributed by atoms with van der Waals surface area (Å²) in [5.74, 6) is -5.56. The van der Waals surface area contributed by atoms with E-state index in [0.29, 0.717) is 12.1 Å². The molecule has 0 aliphatic carbocycles. The average molecular weight is 583 g/mol. The molecule has 0 radical (unpaired) electrons. The minimum absolute atomic E-state index is 0.102. The molecule has 2 unspecified atom stereocenters. The average Bonchev–Trinajstić information content (AvgIpc) is 3.62. The maximum absolute atomic E-state index is 14.4. The second-order valence-corrected chi connectivity index (χ2v) is 8.93. The van der Waals surface area contributed by atoms with E-state index in [1.165, 1.54) is 30.3 Å². The maximum Gasteiger partial charge on any atom is 0.429 e. The number of carbonyl (C=O) groups is 1. The van der Waals surface area contributed by atoms with Crippen molar-refractivity contribution in [1.29, 1.82) is 0 Å². The van der Waals surface area contributed by atoms with Gasteiger partial charge < -0.3 is 10.1 Å². The summed E-state index contributed by atoms with van der Waals surface area (Å²) in [4.78, 5) is 12.9. The van der Waals surface area contributed by atoms with Gasteiger partial charge in [-0.05, 0) is 47.0 Å². The molecule has 4 rings (SSSR count). The summed E-state index contributed by atoms with van der Waals surface area (Å²) in [5.41, 5.74) is -6.69. The lowest BCUT2D eigenvalue weighted by atomic mass is 9.81. The van der Waals surface area contributed by atoms with E-state index < -0.39 is 70.9 Å². The zero-order valence-corrected chi connectivity index (χ0v) is 19.6. The van der Waals surface area contributed by atoms with E-state index in [2.05, 4.69) is 4.74 Å². The van der Waals surface area contributed by atoms with E-state index in [0.717, 1.165) is 24.3 Å². The molecule has 1 fully saturated rings. The van der Waals surface area contributed by atoms with E-state index in [9.17, 15) is 53.1 Å². The third-order valence-corrected chi connectivity index (χ3v) is 6.32. The van der Waals surface area contributed by atoms with Crippen LogP contribution >= 0.6 is 0 Å². The smallest absolute Gasteiger partial charge is 0.346 e. The summed E-state index contributed by atoms with van der Waals surface area (Å²) in [7, 11) is 0. The summed E-state index contributed by atoms with van der Waals surface area (Å²) >= 11 is 0. The van der Waals surface area contributed by atoms with E-state index in [1.807, 2.05) is 5.32 Å². The fourth-order valence-corrected chi connectivity index (χ4v) is 4.43. The number of hydrogen-bond acceptors (Lipinski definition) is 2. The number of ether oxygens (including phenoxy) is 1. The van der Waals surface area contributed by atoms with Crippen LogP contribution in [0.2, 0.25) is 0 Å². The van der Waals surface area contributed by atoms with Gasteiger partial charge >= 0.3 is 18.5 Å². The van der Waals surface area contributed by atoms with Crippen LogP contribution < -0.4 is 5.32 Å². The Morgan fingerprint density at radius 1 is 0.725 bits per heavy atom. The van der Waals surface area contributed by atoms with E-state index in [-0.39, 0.29) is 17.2 Å². The first-order valence-corrected chi connectivity index (χ1v) is 11.3. The zero-order chi connectivity index (χ0) is 29.7. The van der Waals surface area contributed by atoms with Gasteiger partial charge in [0.25, 0.3) is 11.5 Å². The highest BCUT2D eigenvalue weighted by molar-refractivity contribution is 5.86. The Labute approximate surface area is 218 Å². The molecule has 1 saturated heterocycles. The molecule has 40 heavy (non-hydrogen) atoms. The van der Waals surface area contributed by atoms with Gasteiger partial charge in [0, 0.05) is 5.92 Å². The fourth-order valence-electron chi connectivity index (χ4n) is 4.43. The van der Waals surface area contributed by atoms with Crippen molar-refractivity contribution in [2.45, 2.75) is 42.2 Å². The predicted octanol–water partition coefficient (Wildman–Crippen LogP) is 7.24. The molecule has 0 spiro atoms. The minimum atomic E-state index is -6.04. The maximum atomic E-state index is 14.4. The van der Waals surface area contributed by atoms with Gasteiger partial charge in [-0.2, -0.15) is 39.5 Å². The van der Waals surface area contributed by atoms with Crippen LogP contribution in [0.3, 0.4) is 0 Å². The lowest BCUT2D eigenvalue weighted by Gasteiger charge is -2.30. The molecule has 1 aliphatic rings. The lowest BCUT2D eigenvalue weighted by Crippen LogP contribution is -2.51. The molecule has 0 aromatic heterocycles. The molecule has 1 N–H and O–H groups in total. The number of epoxide rings is 1. The number of rotatable bonds is 6. The first-order valence-electron chi connectivity index (χ1n) is 11.3. The van der Waals surface area contributed by atoms with Crippen molar-refractivity contribution in [1.82, 2.24) is 5.32 Å². The first kappa shape index (κ1) is 29.3. The van der Waals surface area contributed by atoms with Crippen LogP contribution in [0.15, 0.2) is 72.8 Å². The Balaban J connectivity index is 1.86. The van der Waals surface area contributed by atoms with E-state index in [1.54, 1.807) is 0 Å². The van der Waals surface area contributed by atoms with E-state index in [4.69, 9.17) is 0 Å². The van der Waals surface area contributed by atoms with Crippen LogP contribution in [-0.4, -0.2) is 30.0 Å². The molecular formula is C26H16F11NO2. The molecule has 0 bridgehead atoms. The highest BCUT2D eigenvalue weighted by atomic mass is 19.4. The quantitative estimate of drug-likeness (QED) is 0.246. The normalized spacial score (nSPS) is 18.6. The number of carbonyl (C=O) groups excluding carboxylic acids is 1. The Morgan fingerprint density at radius 2 is 1.30 bits per heavy atom. The molecule has 3 aromatic carbocycles. The standard InChI is InChI=1S/C26H16F11NO2/c27-17-8-6-14(7-9-17)20(38-22(39)21-23(40-21,25(32,33)34)26(35,36)37)19(13-4-2-1-3-5-13)15-10-16(24(29,30)31)12-18(28)11-15/h1-12,19-21H,(H,38,39)/t19-,20?,21?/m1/s1. The lowest BCUT2D eigenvalue weighted by molar-refractivity contribution is -0.292. The number of nitrogens with one attached hydrogen (secondary N) is 1. The number of hydrogen-bond donors (Lipinski definition) is 1. The third kappa shape index (κ3) is 5.49. The molecule has 0 saturated carbocycles. The summed E-state index contributed by atoms with van der Waals surface area (Å²) < 4.78 is 153. The number of halogens is 11. The monoisotopic (exact) mass is 583 g/mol. The van der Waals surface area contributed by atoms with Crippen molar-refractivity contribution < 1.29 is 57.8 Å². The SMILES string of the molecule is O=C(NC(c1ccc(F)cc1)[C@H](c1ccccc1)c1cc(F)cc(C(F)(F)F)c1)C1OC1(C(F)(F)F)C(F)(F)F. The Kier molecular flexibility index (Phi) is 7.37. The molecular weight excluding hydrogens is 567 g/mol. The highest BCUT2D eigenvalue weighted by Gasteiger charge is 2.88. The molecule has 3 aromatic rings. The van der Waals surface area contributed by atoms with Crippen LogP contribution in [0, 0.1) is 11.6 Å². The topological polar surface area (TPSA) is 41.6 Å². The molecule has 14 heteroatoms. The number of alkyl halides is 9. The predicted molar refractivity (Wildman–Crippen MR) is 117 cm³/mol. The summed E-state index contributed by atoms with van der Waals surface area (Å²) in [6.45, 7) is 0. The minimum Gasteiger partial charge on any atom is -0.346 e. The summed E-state index contributed by atoms with van der Waals surface area (Å²) in [6, 6.07) is 10.5. The second-order valence-electron chi connectivity index (χ2n) is 8.93. The second kappa shape index (κ2) is 10.1. The Bertz CT molecular complexity index is 1350. The van der Waals surface area contributed by atoms with Crippen molar-refractivity contribution in [3.05, 3.63) is 107 Å². The fraction of sp³-hybridized carbons (Fsp3) is 0.269. The van der Waals surface area contributed by atoms with Gasteiger partial charge in [0.1, 0.15) is 11.6 Å². The van der Waals surface area contributed by atoms with Crippen LogP contribution in [0.25, 0.3) is 0 Å². The van der Waals surface area contributed by atoms with Crippen molar-refractivity contribution in [3.8, 4) is 0 Å². The van der Waals surface area contributed by atoms with Gasteiger partial charge in [-0.25, -0.2) is 8.78 Å². The molecule has 1 aliphatic heterocycles. The number of benzene rings is 3. The zero-order valence-electron chi connectivity index (χ0n) is 19.6. The van der Waals surface area contributed by atoms with E-state index >= 15 is 0 Å². The van der Waals surface area contributed by atoms with Crippen molar-refractivity contribution >= 4 is 5.91 Å². The molecule has 3 nitrogen and oxygen atoms in total. The summed E-state index contributed by atoms with van der Waals surface area (Å²) in [6.07, 6.45) is -20.2. The first-order chi connectivity index (χ1) is 18.5.